The third-order valence-electron chi connectivity index (χ3n) is 3.46. The minimum absolute atomic E-state index is 0.614. The standard InChI is InChI=1S/C16H18O3S/c1-10-8-13(11(2)20-10)16(17)12-4-5-14-15(9-12)19-7-3-6-18-14/h4-5,8-9,16-17H,3,6-7H2,1-2H3. The molecule has 0 bridgehead atoms. The summed E-state index contributed by atoms with van der Waals surface area (Å²) in [7, 11) is 0. The Morgan fingerprint density at radius 1 is 1.10 bits per heavy atom. The van der Waals surface area contributed by atoms with E-state index in [1.165, 1.54) is 4.88 Å². The Morgan fingerprint density at radius 3 is 2.55 bits per heavy atom. The summed E-state index contributed by atoms with van der Waals surface area (Å²) < 4.78 is 11.3. The summed E-state index contributed by atoms with van der Waals surface area (Å²) in [5.41, 5.74) is 1.82. The molecule has 0 saturated heterocycles. The highest BCUT2D eigenvalue weighted by Gasteiger charge is 2.18. The molecular formula is C16H18O3S. The summed E-state index contributed by atoms with van der Waals surface area (Å²) in [6, 6.07) is 7.73. The Bertz CT molecular complexity index is 618. The SMILES string of the molecule is Cc1cc(C(O)c2ccc3c(c2)OCCCO3)c(C)s1. The average molecular weight is 290 g/mol. The topological polar surface area (TPSA) is 38.7 Å². The highest BCUT2D eigenvalue weighted by atomic mass is 32.1. The molecule has 0 aliphatic carbocycles. The molecule has 1 aromatic heterocycles. The van der Waals surface area contributed by atoms with Crippen LogP contribution in [-0.4, -0.2) is 18.3 Å². The van der Waals surface area contributed by atoms with E-state index in [1.807, 2.05) is 31.2 Å². The number of hydrogen-bond acceptors (Lipinski definition) is 4. The van der Waals surface area contributed by atoms with Crippen LogP contribution >= 0.6 is 11.3 Å². The maximum atomic E-state index is 10.6. The monoisotopic (exact) mass is 290 g/mol. The second kappa shape index (κ2) is 5.46. The molecule has 20 heavy (non-hydrogen) atoms. The first kappa shape index (κ1) is 13.5. The van der Waals surface area contributed by atoms with Crippen LogP contribution in [0, 0.1) is 13.8 Å². The summed E-state index contributed by atoms with van der Waals surface area (Å²) >= 11 is 1.71. The summed E-state index contributed by atoms with van der Waals surface area (Å²) in [5.74, 6) is 1.49. The molecular weight excluding hydrogens is 272 g/mol. The van der Waals surface area contributed by atoms with Crippen molar-refractivity contribution in [2.75, 3.05) is 13.2 Å². The van der Waals surface area contributed by atoms with Gasteiger partial charge in [-0.3, -0.25) is 0 Å². The van der Waals surface area contributed by atoms with Crippen LogP contribution in [0.2, 0.25) is 0 Å². The Hall–Kier alpha value is -1.52. The lowest BCUT2D eigenvalue weighted by molar-refractivity contribution is 0.219. The molecule has 1 atom stereocenters. The first-order chi connectivity index (χ1) is 9.65. The predicted octanol–water partition coefficient (Wildman–Crippen LogP) is 3.61. The highest BCUT2D eigenvalue weighted by Crippen LogP contribution is 2.36. The van der Waals surface area contributed by atoms with E-state index in [4.69, 9.17) is 9.47 Å². The van der Waals surface area contributed by atoms with Crippen molar-refractivity contribution in [3.63, 3.8) is 0 Å². The van der Waals surface area contributed by atoms with Crippen LogP contribution in [0.5, 0.6) is 11.5 Å². The Balaban J connectivity index is 1.94. The summed E-state index contributed by atoms with van der Waals surface area (Å²) in [6.07, 6.45) is 0.271. The van der Waals surface area contributed by atoms with Gasteiger partial charge in [0.15, 0.2) is 11.5 Å². The number of benzene rings is 1. The molecule has 0 amide bonds. The Labute approximate surface area is 122 Å². The third kappa shape index (κ3) is 2.53. The van der Waals surface area contributed by atoms with E-state index >= 15 is 0 Å². The lowest BCUT2D eigenvalue weighted by Crippen LogP contribution is -2.01. The fraction of sp³-hybridized carbons (Fsp3) is 0.375. The van der Waals surface area contributed by atoms with E-state index in [0.717, 1.165) is 33.9 Å². The third-order valence-corrected chi connectivity index (χ3v) is 4.44. The maximum absolute atomic E-state index is 10.6. The van der Waals surface area contributed by atoms with Crippen molar-refractivity contribution in [3.05, 3.63) is 45.1 Å². The van der Waals surface area contributed by atoms with Gasteiger partial charge in [-0.2, -0.15) is 0 Å². The fourth-order valence-corrected chi connectivity index (χ4v) is 3.41. The average Bonchev–Trinajstić information content (AvgIpc) is 2.65. The number of hydrogen-bond donors (Lipinski definition) is 1. The van der Waals surface area contributed by atoms with Crippen molar-refractivity contribution < 1.29 is 14.6 Å². The van der Waals surface area contributed by atoms with Gasteiger partial charge in [0, 0.05) is 16.2 Å². The molecule has 1 aromatic carbocycles. The van der Waals surface area contributed by atoms with Gasteiger partial charge in [0.1, 0.15) is 6.10 Å². The minimum Gasteiger partial charge on any atom is -0.490 e. The molecule has 1 aliphatic rings. The van der Waals surface area contributed by atoms with E-state index in [9.17, 15) is 5.11 Å². The van der Waals surface area contributed by atoms with Gasteiger partial charge < -0.3 is 14.6 Å². The van der Waals surface area contributed by atoms with Crippen LogP contribution in [0.1, 0.15) is 33.4 Å². The van der Waals surface area contributed by atoms with Crippen LogP contribution < -0.4 is 9.47 Å². The van der Waals surface area contributed by atoms with Crippen molar-refractivity contribution in [1.82, 2.24) is 0 Å². The smallest absolute Gasteiger partial charge is 0.161 e. The van der Waals surface area contributed by atoms with Gasteiger partial charge in [-0.15, -0.1) is 11.3 Å². The maximum Gasteiger partial charge on any atom is 0.161 e. The van der Waals surface area contributed by atoms with Gasteiger partial charge in [-0.05, 0) is 43.2 Å². The fourth-order valence-electron chi connectivity index (χ4n) is 2.45. The van der Waals surface area contributed by atoms with Gasteiger partial charge in [-0.1, -0.05) is 6.07 Å². The molecule has 0 radical (unpaired) electrons. The van der Waals surface area contributed by atoms with Crippen LogP contribution in [0.3, 0.4) is 0 Å². The Morgan fingerprint density at radius 2 is 1.85 bits per heavy atom. The number of ether oxygens (including phenoxy) is 2. The predicted molar refractivity (Wildman–Crippen MR) is 79.9 cm³/mol. The summed E-state index contributed by atoms with van der Waals surface area (Å²) in [4.78, 5) is 2.37. The van der Waals surface area contributed by atoms with Gasteiger partial charge in [0.05, 0.1) is 13.2 Å². The van der Waals surface area contributed by atoms with Crippen molar-refractivity contribution in [2.24, 2.45) is 0 Å². The van der Waals surface area contributed by atoms with Crippen LogP contribution in [-0.2, 0) is 0 Å². The number of aryl methyl sites for hydroxylation is 2. The molecule has 1 unspecified atom stereocenters. The zero-order valence-electron chi connectivity index (χ0n) is 11.7. The first-order valence-corrected chi connectivity index (χ1v) is 7.61. The number of rotatable bonds is 2. The van der Waals surface area contributed by atoms with E-state index in [2.05, 4.69) is 6.92 Å². The zero-order valence-corrected chi connectivity index (χ0v) is 12.5. The van der Waals surface area contributed by atoms with Gasteiger partial charge in [0.2, 0.25) is 0 Å². The first-order valence-electron chi connectivity index (χ1n) is 6.79. The molecule has 1 aliphatic heterocycles. The molecule has 0 fully saturated rings. The summed E-state index contributed by atoms with van der Waals surface area (Å²) in [6.45, 7) is 5.43. The minimum atomic E-state index is -0.614. The second-order valence-electron chi connectivity index (χ2n) is 5.03. The zero-order chi connectivity index (χ0) is 14.1. The van der Waals surface area contributed by atoms with Gasteiger partial charge in [-0.25, -0.2) is 0 Å². The molecule has 2 heterocycles. The molecule has 3 nitrogen and oxygen atoms in total. The number of aliphatic hydroxyl groups excluding tert-OH is 1. The molecule has 0 saturated carbocycles. The largest absolute Gasteiger partial charge is 0.490 e. The van der Waals surface area contributed by atoms with Crippen LogP contribution in [0.4, 0.5) is 0 Å². The highest BCUT2D eigenvalue weighted by molar-refractivity contribution is 7.12. The number of thiophene rings is 1. The number of fused-ring (bicyclic) bond motifs is 1. The van der Waals surface area contributed by atoms with Crippen molar-refractivity contribution in [1.29, 1.82) is 0 Å². The Kier molecular flexibility index (Phi) is 3.68. The molecule has 0 spiro atoms. The van der Waals surface area contributed by atoms with E-state index in [1.54, 1.807) is 11.3 Å². The molecule has 1 N–H and O–H groups in total. The summed E-state index contributed by atoms with van der Waals surface area (Å²) in [5, 5.41) is 10.6. The van der Waals surface area contributed by atoms with Crippen LogP contribution in [0.15, 0.2) is 24.3 Å². The van der Waals surface area contributed by atoms with Gasteiger partial charge in [0.25, 0.3) is 0 Å². The van der Waals surface area contributed by atoms with Crippen molar-refractivity contribution in [2.45, 2.75) is 26.4 Å². The quantitative estimate of drug-likeness (QED) is 0.918. The van der Waals surface area contributed by atoms with Crippen LogP contribution in [0.25, 0.3) is 0 Å². The number of aliphatic hydroxyl groups is 1. The molecule has 3 rings (SSSR count). The van der Waals surface area contributed by atoms with E-state index < -0.39 is 6.10 Å². The lowest BCUT2D eigenvalue weighted by Gasteiger charge is -2.14. The van der Waals surface area contributed by atoms with E-state index in [-0.39, 0.29) is 0 Å². The van der Waals surface area contributed by atoms with Crippen molar-refractivity contribution in [3.8, 4) is 11.5 Å². The normalized spacial score (nSPS) is 15.8. The molecule has 2 aromatic rings. The second-order valence-corrected chi connectivity index (χ2v) is 6.49. The lowest BCUT2D eigenvalue weighted by atomic mass is 10.0. The molecule has 106 valence electrons. The van der Waals surface area contributed by atoms with Crippen molar-refractivity contribution >= 4 is 11.3 Å². The van der Waals surface area contributed by atoms with E-state index in [0.29, 0.717) is 13.2 Å². The molecule has 4 heteroatoms. The van der Waals surface area contributed by atoms with Gasteiger partial charge >= 0.3 is 0 Å².